The molecule has 0 saturated heterocycles. The molecular formula is C15H22FNO2. The molecule has 4 heteroatoms. The number of ether oxygens (including phenoxy) is 1. The second kappa shape index (κ2) is 6.66. The summed E-state index contributed by atoms with van der Waals surface area (Å²) in [7, 11) is 1.39. The van der Waals surface area contributed by atoms with Crippen LogP contribution in [0.25, 0.3) is 0 Å². The fourth-order valence-corrected chi connectivity index (χ4v) is 1.84. The summed E-state index contributed by atoms with van der Waals surface area (Å²) in [4.78, 5) is 11.5. The normalized spacial score (nSPS) is 11.4. The van der Waals surface area contributed by atoms with E-state index in [1.165, 1.54) is 13.2 Å². The van der Waals surface area contributed by atoms with Crippen molar-refractivity contribution in [2.24, 2.45) is 5.41 Å². The van der Waals surface area contributed by atoms with Gasteiger partial charge in [0, 0.05) is 6.54 Å². The molecule has 0 radical (unpaired) electrons. The van der Waals surface area contributed by atoms with Crippen LogP contribution in [0.3, 0.4) is 0 Å². The predicted octanol–water partition coefficient (Wildman–Crippen LogP) is 2.47. The first-order valence-electron chi connectivity index (χ1n) is 6.41. The summed E-state index contributed by atoms with van der Waals surface area (Å²) in [5.74, 6) is -0.402. The number of benzene rings is 1. The van der Waals surface area contributed by atoms with E-state index >= 15 is 0 Å². The summed E-state index contributed by atoms with van der Waals surface area (Å²) in [6.45, 7) is 6.74. The van der Waals surface area contributed by atoms with Gasteiger partial charge in [-0.1, -0.05) is 12.1 Å². The molecule has 0 amide bonds. The lowest BCUT2D eigenvalue weighted by atomic mass is 9.93. The summed E-state index contributed by atoms with van der Waals surface area (Å²) in [6.07, 6.45) is 0.804. The van der Waals surface area contributed by atoms with Gasteiger partial charge in [-0.25, -0.2) is 4.39 Å². The molecule has 0 saturated carbocycles. The van der Waals surface area contributed by atoms with E-state index in [2.05, 4.69) is 5.32 Å². The maximum absolute atomic E-state index is 13.1. The van der Waals surface area contributed by atoms with Gasteiger partial charge in [0.1, 0.15) is 5.82 Å². The Labute approximate surface area is 114 Å². The molecular weight excluding hydrogens is 245 g/mol. The van der Waals surface area contributed by atoms with Crippen molar-refractivity contribution < 1.29 is 13.9 Å². The van der Waals surface area contributed by atoms with Crippen LogP contribution in [0.5, 0.6) is 0 Å². The molecule has 0 heterocycles. The van der Waals surface area contributed by atoms with E-state index in [4.69, 9.17) is 4.74 Å². The first-order chi connectivity index (χ1) is 8.86. The lowest BCUT2D eigenvalue weighted by Crippen LogP contribution is -2.37. The summed E-state index contributed by atoms with van der Waals surface area (Å²) < 4.78 is 17.8. The van der Waals surface area contributed by atoms with Gasteiger partial charge in [0.05, 0.1) is 12.5 Å². The van der Waals surface area contributed by atoms with Crippen LogP contribution in [0.2, 0.25) is 0 Å². The number of rotatable bonds is 6. The second-order valence-corrected chi connectivity index (χ2v) is 5.39. The minimum absolute atomic E-state index is 0.177. The van der Waals surface area contributed by atoms with Crippen molar-refractivity contribution in [2.45, 2.75) is 27.2 Å². The number of nitrogens with one attached hydrogen (secondary N) is 1. The standard InChI is InChI=1S/C15H22FNO2/c1-11-9-12(5-6-13(11)16)7-8-17-10-15(2,3)14(18)19-4/h5-6,9,17H,7-8,10H2,1-4H3. The van der Waals surface area contributed by atoms with Crippen molar-refractivity contribution in [3.8, 4) is 0 Å². The third kappa shape index (κ3) is 4.63. The zero-order valence-electron chi connectivity index (χ0n) is 12.0. The SMILES string of the molecule is COC(=O)C(C)(C)CNCCc1ccc(F)c(C)c1. The van der Waals surface area contributed by atoms with Crippen LogP contribution >= 0.6 is 0 Å². The van der Waals surface area contributed by atoms with Crippen molar-refractivity contribution in [2.75, 3.05) is 20.2 Å². The van der Waals surface area contributed by atoms with Crippen molar-refractivity contribution >= 4 is 5.97 Å². The van der Waals surface area contributed by atoms with Crippen LogP contribution < -0.4 is 5.32 Å². The Morgan fingerprint density at radius 3 is 2.68 bits per heavy atom. The zero-order valence-corrected chi connectivity index (χ0v) is 12.0. The highest BCUT2D eigenvalue weighted by atomic mass is 19.1. The third-order valence-electron chi connectivity index (χ3n) is 3.12. The molecule has 1 rings (SSSR count). The van der Waals surface area contributed by atoms with Gasteiger partial charge in [0.15, 0.2) is 0 Å². The Kier molecular flexibility index (Phi) is 5.48. The summed E-state index contributed by atoms with van der Waals surface area (Å²) in [5.41, 5.74) is 1.21. The maximum Gasteiger partial charge on any atom is 0.312 e. The number of esters is 1. The van der Waals surface area contributed by atoms with E-state index in [9.17, 15) is 9.18 Å². The molecule has 0 bridgehead atoms. The number of hydrogen-bond donors (Lipinski definition) is 1. The highest BCUT2D eigenvalue weighted by Gasteiger charge is 2.27. The highest BCUT2D eigenvalue weighted by molar-refractivity contribution is 5.76. The molecule has 0 aromatic heterocycles. The highest BCUT2D eigenvalue weighted by Crippen LogP contribution is 2.15. The van der Waals surface area contributed by atoms with Gasteiger partial charge in [-0.05, 0) is 50.9 Å². The van der Waals surface area contributed by atoms with Gasteiger partial charge < -0.3 is 10.1 Å². The van der Waals surface area contributed by atoms with Gasteiger partial charge in [-0.15, -0.1) is 0 Å². The summed E-state index contributed by atoms with van der Waals surface area (Å²) in [6, 6.07) is 5.13. The molecule has 0 aliphatic heterocycles. The molecule has 1 aromatic rings. The Hall–Kier alpha value is -1.42. The first-order valence-corrected chi connectivity index (χ1v) is 6.41. The maximum atomic E-state index is 13.1. The van der Waals surface area contributed by atoms with Crippen LogP contribution in [0.1, 0.15) is 25.0 Å². The van der Waals surface area contributed by atoms with E-state index in [0.717, 1.165) is 18.5 Å². The lowest BCUT2D eigenvalue weighted by molar-refractivity contribution is -0.150. The van der Waals surface area contributed by atoms with Crippen LogP contribution in [0.4, 0.5) is 4.39 Å². The molecule has 1 aromatic carbocycles. The van der Waals surface area contributed by atoms with Crippen molar-refractivity contribution in [3.05, 3.63) is 35.1 Å². The quantitative estimate of drug-likeness (QED) is 0.635. The number of carbonyl (C=O) groups is 1. The average molecular weight is 267 g/mol. The Morgan fingerprint density at radius 1 is 1.42 bits per heavy atom. The molecule has 0 aliphatic rings. The number of halogens is 1. The molecule has 0 spiro atoms. The van der Waals surface area contributed by atoms with E-state index in [0.29, 0.717) is 12.1 Å². The molecule has 0 atom stereocenters. The fraction of sp³-hybridized carbons (Fsp3) is 0.533. The number of carbonyl (C=O) groups excluding carboxylic acids is 1. The van der Waals surface area contributed by atoms with Gasteiger partial charge in [0.2, 0.25) is 0 Å². The van der Waals surface area contributed by atoms with Crippen LogP contribution in [-0.4, -0.2) is 26.2 Å². The van der Waals surface area contributed by atoms with Crippen molar-refractivity contribution in [3.63, 3.8) is 0 Å². The third-order valence-corrected chi connectivity index (χ3v) is 3.12. The van der Waals surface area contributed by atoms with E-state index < -0.39 is 5.41 Å². The molecule has 19 heavy (non-hydrogen) atoms. The molecule has 106 valence electrons. The van der Waals surface area contributed by atoms with Crippen molar-refractivity contribution in [1.82, 2.24) is 5.32 Å². The van der Waals surface area contributed by atoms with E-state index in [1.807, 2.05) is 19.9 Å². The second-order valence-electron chi connectivity index (χ2n) is 5.39. The molecule has 1 N–H and O–H groups in total. The molecule has 0 unspecified atom stereocenters. The zero-order chi connectivity index (χ0) is 14.5. The number of hydrogen-bond acceptors (Lipinski definition) is 3. The van der Waals surface area contributed by atoms with Gasteiger partial charge in [0.25, 0.3) is 0 Å². The predicted molar refractivity (Wildman–Crippen MR) is 73.5 cm³/mol. The van der Waals surface area contributed by atoms with E-state index in [-0.39, 0.29) is 11.8 Å². The largest absolute Gasteiger partial charge is 0.469 e. The minimum Gasteiger partial charge on any atom is -0.469 e. The Morgan fingerprint density at radius 2 is 2.11 bits per heavy atom. The lowest BCUT2D eigenvalue weighted by Gasteiger charge is -2.21. The average Bonchev–Trinajstić information content (AvgIpc) is 2.37. The molecule has 3 nitrogen and oxygen atoms in total. The van der Waals surface area contributed by atoms with E-state index in [1.54, 1.807) is 13.0 Å². The van der Waals surface area contributed by atoms with Crippen molar-refractivity contribution in [1.29, 1.82) is 0 Å². The van der Waals surface area contributed by atoms with Crippen LogP contribution in [0.15, 0.2) is 18.2 Å². The van der Waals surface area contributed by atoms with Crippen LogP contribution in [-0.2, 0) is 16.0 Å². The minimum atomic E-state index is -0.534. The topological polar surface area (TPSA) is 38.3 Å². The molecule has 0 fully saturated rings. The molecule has 0 aliphatic carbocycles. The fourth-order valence-electron chi connectivity index (χ4n) is 1.84. The monoisotopic (exact) mass is 267 g/mol. The van der Waals surface area contributed by atoms with Gasteiger partial charge in [-0.3, -0.25) is 4.79 Å². The summed E-state index contributed by atoms with van der Waals surface area (Å²) >= 11 is 0. The Bertz CT molecular complexity index is 444. The van der Waals surface area contributed by atoms with Gasteiger partial charge >= 0.3 is 5.97 Å². The smallest absolute Gasteiger partial charge is 0.312 e. The first kappa shape index (κ1) is 15.6. The van der Waals surface area contributed by atoms with Crippen LogP contribution in [0, 0.1) is 18.2 Å². The summed E-state index contributed by atoms with van der Waals surface area (Å²) in [5, 5.41) is 3.23. The Balaban J connectivity index is 2.38. The van der Waals surface area contributed by atoms with Gasteiger partial charge in [-0.2, -0.15) is 0 Å². The number of aryl methyl sites for hydroxylation is 1. The number of methoxy groups -OCH3 is 1.